The summed E-state index contributed by atoms with van der Waals surface area (Å²) >= 11 is 0. The first-order valence-corrected chi connectivity index (χ1v) is 8.89. The van der Waals surface area contributed by atoms with Gasteiger partial charge in [-0.1, -0.05) is 0 Å². The lowest BCUT2D eigenvalue weighted by molar-refractivity contribution is -0.144. The highest BCUT2D eigenvalue weighted by atomic mass is 16.2. The monoisotopic (exact) mass is 333 g/mol. The van der Waals surface area contributed by atoms with Crippen molar-refractivity contribution < 1.29 is 19.2 Å². The fourth-order valence-electron chi connectivity index (χ4n) is 5.71. The third-order valence-electron chi connectivity index (χ3n) is 6.20. The van der Waals surface area contributed by atoms with E-state index in [-0.39, 0.29) is 24.5 Å². The van der Waals surface area contributed by atoms with Gasteiger partial charge in [0.2, 0.25) is 5.91 Å². The second-order valence-electron chi connectivity index (χ2n) is 7.97. The predicted octanol–water partition coefficient (Wildman–Crippen LogP) is 0.882. The van der Waals surface area contributed by atoms with Crippen LogP contribution in [0.5, 0.6) is 0 Å². The third-order valence-corrected chi connectivity index (χ3v) is 6.20. The minimum absolute atomic E-state index is 0.135. The van der Waals surface area contributed by atoms with E-state index in [1.165, 1.54) is 19.3 Å². The summed E-state index contributed by atoms with van der Waals surface area (Å²) in [7, 11) is 0. The summed E-state index contributed by atoms with van der Waals surface area (Å²) in [5, 5.41) is 3.13. The molecule has 1 saturated heterocycles. The van der Waals surface area contributed by atoms with E-state index in [1.807, 2.05) is 0 Å². The van der Waals surface area contributed by atoms with Crippen molar-refractivity contribution >= 4 is 23.8 Å². The van der Waals surface area contributed by atoms with E-state index in [1.54, 1.807) is 6.92 Å². The number of carbonyl (C=O) groups is 4. The maximum absolute atomic E-state index is 12.5. The second-order valence-corrected chi connectivity index (χ2v) is 7.97. The van der Waals surface area contributed by atoms with E-state index >= 15 is 0 Å². The number of hydrogen-bond donors (Lipinski definition) is 1. The van der Waals surface area contributed by atoms with Crippen LogP contribution in [0.1, 0.15) is 45.4 Å². The van der Waals surface area contributed by atoms with E-state index in [0.717, 1.165) is 29.1 Å². The molecular formula is C17H23N3O4. The molecule has 4 saturated carbocycles. The predicted molar refractivity (Wildman–Crippen MR) is 83.5 cm³/mol. The summed E-state index contributed by atoms with van der Waals surface area (Å²) in [5.74, 6) is 0.0216. The summed E-state index contributed by atoms with van der Waals surface area (Å²) in [6.07, 6.45) is 6.85. The molecule has 7 heteroatoms. The molecule has 1 N–H and O–H groups in total. The van der Waals surface area contributed by atoms with Crippen molar-refractivity contribution in [3.8, 4) is 0 Å². The molecule has 4 bridgehead atoms. The van der Waals surface area contributed by atoms with E-state index in [0.29, 0.717) is 17.8 Å². The Morgan fingerprint density at radius 3 is 1.96 bits per heavy atom. The largest absolute Gasteiger partial charge is 0.349 e. The fraction of sp³-hybridized carbons (Fsp3) is 0.765. The van der Waals surface area contributed by atoms with Crippen molar-refractivity contribution in [3.63, 3.8) is 0 Å². The van der Waals surface area contributed by atoms with Crippen molar-refractivity contribution in [2.75, 3.05) is 13.1 Å². The van der Waals surface area contributed by atoms with Crippen LogP contribution in [0.2, 0.25) is 0 Å². The van der Waals surface area contributed by atoms with Gasteiger partial charge in [-0.05, 0) is 63.2 Å². The topological polar surface area (TPSA) is 86.8 Å². The SMILES string of the molecule is CCN1C(=O)C(=O)N(CC(=O)NC23CC4CC(CC(C4)C2)C3)C1=O. The molecular weight excluding hydrogens is 310 g/mol. The van der Waals surface area contributed by atoms with Gasteiger partial charge in [0, 0.05) is 12.1 Å². The summed E-state index contributed by atoms with van der Waals surface area (Å²) < 4.78 is 0. The van der Waals surface area contributed by atoms with Gasteiger partial charge in [-0.3, -0.25) is 19.3 Å². The smallest absolute Gasteiger partial charge is 0.334 e. The Balaban J connectivity index is 1.43. The lowest BCUT2D eigenvalue weighted by atomic mass is 9.53. The molecule has 7 nitrogen and oxygen atoms in total. The van der Waals surface area contributed by atoms with E-state index in [4.69, 9.17) is 0 Å². The number of carbonyl (C=O) groups excluding carboxylic acids is 4. The Kier molecular flexibility index (Phi) is 3.44. The van der Waals surface area contributed by atoms with Crippen LogP contribution in [-0.2, 0) is 14.4 Å². The molecule has 0 spiro atoms. The maximum Gasteiger partial charge on any atom is 0.334 e. The van der Waals surface area contributed by atoms with Gasteiger partial charge in [-0.25, -0.2) is 9.69 Å². The summed E-state index contributed by atoms with van der Waals surface area (Å²) in [6, 6.07) is -0.687. The molecule has 5 aliphatic rings. The standard InChI is InChI=1S/C17H23N3O4/c1-2-19-14(22)15(23)20(16(19)24)9-13(21)18-17-6-10-3-11(7-17)5-12(4-10)8-17/h10-12H,2-9H2,1H3,(H,18,21). The molecule has 0 radical (unpaired) electrons. The van der Waals surface area contributed by atoms with Gasteiger partial charge in [0.1, 0.15) is 6.54 Å². The first kappa shape index (κ1) is 15.6. The Bertz CT molecular complexity index is 594. The Hall–Kier alpha value is -1.92. The van der Waals surface area contributed by atoms with Crippen molar-refractivity contribution in [1.82, 2.24) is 15.1 Å². The summed E-state index contributed by atoms with van der Waals surface area (Å²) in [6.45, 7) is 1.40. The normalized spacial score (nSPS) is 37.5. The molecule has 0 aromatic heterocycles. The van der Waals surface area contributed by atoms with Crippen LogP contribution in [0, 0.1) is 17.8 Å². The average molecular weight is 333 g/mol. The molecule has 4 aliphatic carbocycles. The number of nitrogens with one attached hydrogen (secondary N) is 1. The van der Waals surface area contributed by atoms with Gasteiger partial charge in [-0.15, -0.1) is 0 Å². The van der Waals surface area contributed by atoms with Crippen LogP contribution >= 0.6 is 0 Å². The van der Waals surface area contributed by atoms with Crippen LogP contribution in [0.4, 0.5) is 4.79 Å². The molecule has 1 aliphatic heterocycles. The van der Waals surface area contributed by atoms with Gasteiger partial charge >= 0.3 is 17.8 Å². The van der Waals surface area contributed by atoms with Gasteiger partial charge in [0.15, 0.2) is 0 Å². The molecule has 0 aromatic carbocycles. The molecule has 130 valence electrons. The van der Waals surface area contributed by atoms with Gasteiger partial charge in [0.25, 0.3) is 0 Å². The van der Waals surface area contributed by atoms with Crippen molar-refractivity contribution in [3.05, 3.63) is 0 Å². The zero-order valence-electron chi connectivity index (χ0n) is 13.9. The zero-order valence-corrected chi connectivity index (χ0v) is 13.9. The quantitative estimate of drug-likeness (QED) is 0.611. The highest BCUT2D eigenvalue weighted by Gasteiger charge is 2.52. The molecule has 0 aromatic rings. The van der Waals surface area contributed by atoms with Crippen LogP contribution in [0.25, 0.3) is 0 Å². The molecule has 0 unspecified atom stereocenters. The zero-order chi connectivity index (χ0) is 17.1. The molecule has 24 heavy (non-hydrogen) atoms. The lowest BCUT2D eigenvalue weighted by Crippen LogP contribution is -2.61. The van der Waals surface area contributed by atoms with Crippen LogP contribution < -0.4 is 5.32 Å². The first-order chi connectivity index (χ1) is 11.4. The van der Waals surface area contributed by atoms with E-state index < -0.39 is 17.8 Å². The maximum atomic E-state index is 12.5. The second kappa shape index (κ2) is 5.29. The van der Waals surface area contributed by atoms with Crippen LogP contribution in [-0.4, -0.2) is 52.2 Å². The van der Waals surface area contributed by atoms with Crippen molar-refractivity contribution in [2.45, 2.75) is 51.0 Å². The Morgan fingerprint density at radius 1 is 1.00 bits per heavy atom. The third kappa shape index (κ3) is 2.32. The number of nitrogens with zero attached hydrogens (tertiary/aromatic N) is 2. The van der Waals surface area contributed by atoms with E-state index in [2.05, 4.69) is 5.32 Å². The Morgan fingerprint density at radius 2 is 1.50 bits per heavy atom. The highest BCUT2D eigenvalue weighted by molar-refractivity contribution is 6.45. The Labute approximate surface area is 140 Å². The molecule has 5 amide bonds. The molecule has 5 fully saturated rings. The number of amides is 5. The molecule has 1 heterocycles. The molecule has 5 rings (SSSR count). The van der Waals surface area contributed by atoms with Gasteiger partial charge in [-0.2, -0.15) is 0 Å². The summed E-state index contributed by atoms with van der Waals surface area (Å²) in [4.78, 5) is 49.9. The summed E-state index contributed by atoms with van der Waals surface area (Å²) in [5.41, 5.74) is -0.161. The van der Waals surface area contributed by atoms with Crippen LogP contribution in [0.3, 0.4) is 0 Å². The van der Waals surface area contributed by atoms with Gasteiger partial charge in [0.05, 0.1) is 0 Å². The minimum Gasteiger partial charge on any atom is -0.349 e. The highest BCUT2D eigenvalue weighted by Crippen LogP contribution is 2.55. The van der Waals surface area contributed by atoms with E-state index in [9.17, 15) is 19.2 Å². The average Bonchev–Trinajstić information content (AvgIpc) is 2.68. The number of imide groups is 2. The minimum atomic E-state index is -0.900. The van der Waals surface area contributed by atoms with Crippen molar-refractivity contribution in [1.29, 1.82) is 0 Å². The lowest BCUT2D eigenvalue weighted by Gasteiger charge is -2.56. The van der Waals surface area contributed by atoms with Crippen molar-refractivity contribution in [2.24, 2.45) is 17.8 Å². The van der Waals surface area contributed by atoms with Crippen LogP contribution in [0.15, 0.2) is 0 Å². The number of hydrogen-bond acceptors (Lipinski definition) is 4. The number of urea groups is 1. The molecule has 0 atom stereocenters. The van der Waals surface area contributed by atoms with Gasteiger partial charge < -0.3 is 5.32 Å². The number of rotatable bonds is 4. The fourth-order valence-corrected chi connectivity index (χ4v) is 5.71. The number of likely N-dealkylation sites (N-methyl/N-ethyl adjacent to an activating group) is 1. The first-order valence-electron chi connectivity index (χ1n) is 8.89.